The maximum absolute atomic E-state index is 11.7. The molecule has 2 rings (SSSR count). The van der Waals surface area contributed by atoms with E-state index in [1.165, 1.54) is 19.2 Å². The summed E-state index contributed by atoms with van der Waals surface area (Å²) in [5.74, 6) is -0.750. The minimum Gasteiger partial charge on any atom is -0.465 e. The summed E-state index contributed by atoms with van der Waals surface area (Å²) in [6.45, 7) is 0. The number of carbonyl (C=O) groups excluding carboxylic acids is 2. The number of nitrogens with two attached hydrogens (primary N) is 1. The van der Waals surface area contributed by atoms with Crippen LogP contribution in [-0.4, -0.2) is 24.5 Å². The number of rotatable bonds is 3. The van der Waals surface area contributed by atoms with E-state index < -0.39 is 11.5 Å². The molecule has 0 bridgehead atoms. The summed E-state index contributed by atoms with van der Waals surface area (Å²) >= 11 is 5.93. The number of esters is 1. The number of benzene rings is 1. The van der Waals surface area contributed by atoms with Crippen LogP contribution in [0.15, 0.2) is 18.2 Å². The molecule has 3 N–H and O–H groups in total. The number of nitrogens with one attached hydrogen (secondary N) is 1. The van der Waals surface area contributed by atoms with Crippen LogP contribution in [0.2, 0.25) is 5.02 Å². The summed E-state index contributed by atoms with van der Waals surface area (Å²) in [4.78, 5) is 23.0. The first-order valence-corrected chi connectivity index (χ1v) is 5.82. The number of ether oxygens (including phenoxy) is 1. The van der Waals surface area contributed by atoms with Gasteiger partial charge in [0.05, 0.1) is 23.2 Å². The Balaban J connectivity index is 0.00000180. The van der Waals surface area contributed by atoms with Gasteiger partial charge in [-0.3, -0.25) is 4.79 Å². The van der Waals surface area contributed by atoms with Gasteiger partial charge in [0, 0.05) is 5.69 Å². The highest BCUT2D eigenvalue weighted by Crippen LogP contribution is 2.33. The van der Waals surface area contributed by atoms with Gasteiger partial charge in [-0.1, -0.05) is 11.6 Å². The molecule has 1 aliphatic rings. The molecule has 0 radical (unpaired) electrons. The van der Waals surface area contributed by atoms with E-state index in [0.717, 1.165) is 0 Å². The van der Waals surface area contributed by atoms with Gasteiger partial charge in [0.25, 0.3) is 0 Å². The number of anilines is 1. The highest BCUT2D eigenvalue weighted by Gasteiger charge is 2.45. The van der Waals surface area contributed by atoms with Crippen LogP contribution in [-0.2, 0) is 9.53 Å². The number of amides is 1. The van der Waals surface area contributed by atoms with Crippen molar-refractivity contribution in [3.8, 4) is 0 Å². The van der Waals surface area contributed by atoms with Gasteiger partial charge < -0.3 is 15.8 Å². The third-order valence-corrected chi connectivity index (χ3v) is 3.19. The topological polar surface area (TPSA) is 81.4 Å². The Morgan fingerprint density at radius 2 is 2.05 bits per heavy atom. The van der Waals surface area contributed by atoms with Gasteiger partial charge in [0.1, 0.15) is 0 Å². The van der Waals surface area contributed by atoms with Crippen molar-refractivity contribution >= 4 is 41.6 Å². The van der Waals surface area contributed by atoms with Crippen LogP contribution in [0.25, 0.3) is 0 Å². The van der Waals surface area contributed by atoms with Gasteiger partial charge >= 0.3 is 5.97 Å². The average molecular weight is 305 g/mol. The van der Waals surface area contributed by atoms with E-state index in [-0.39, 0.29) is 28.9 Å². The number of hydrogen-bond acceptors (Lipinski definition) is 4. The Morgan fingerprint density at radius 3 is 2.53 bits per heavy atom. The van der Waals surface area contributed by atoms with Crippen LogP contribution in [0, 0.1) is 0 Å². The molecule has 1 saturated carbocycles. The Kier molecular flexibility index (Phi) is 4.79. The molecule has 0 heterocycles. The van der Waals surface area contributed by atoms with Crippen LogP contribution in [0.3, 0.4) is 0 Å². The second kappa shape index (κ2) is 5.77. The molecule has 0 aromatic heterocycles. The molecule has 0 unspecified atom stereocenters. The van der Waals surface area contributed by atoms with E-state index in [2.05, 4.69) is 10.1 Å². The van der Waals surface area contributed by atoms with Gasteiger partial charge in [-0.05, 0) is 31.0 Å². The lowest BCUT2D eigenvalue weighted by molar-refractivity contribution is -0.118. The molecule has 5 nitrogen and oxygen atoms in total. The molecular formula is C12H14Cl2N2O3. The molecule has 19 heavy (non-hydrogen) atoms. The molecule has 0 saturated heterocycles. The van der Waals surface area contributed by atoms with E-state index in [0.29, 0.717) is 18.5 Å². The number of hydrogen-bond donors (Lipinski definition) is 2. The molecule has 1 aromatic rings. The fourth-order valence-electron chi connectivity index (χ4n) is 1.49. The van der Waals surface area contributed by atoms with Crippen LogP contribution < -0.4 is 11.1 Å². The van der Waals surface area contributed by atoms with Crippen molar-refractivity contribution in [1.29, 1.82) is 0 Å². The van der Waals surface area contributed by atoms with Crippen LogP contribution in [0.4, 0.5) is 5.69 Å². The standard InChI is InChI=1S/C12H13ClN2O3.ClH/c1-18-10(16)8-3-2-7(6-9(8)13)15-11(17)12(14)4-5-12;/h2-3,6H,4-5,14H2,1H3,(H,15,17);1H. The third kappa shape index (κ3) is 3.37. The van der Waals surface area contributed by atoms with Crippen LogP contribution >= 0.6 is 24.0 Å². The first-order chi connectivity index (χ1) is 8.46. The zero-order chi connectivity index (χ0) is 13.3. The summed E-state index contributed by atoms with van der Waals surface area (Å²) in [6, 6.07) is 4.58. The van der Waals surface area contributed by atoms with Gasteiger partial charge in [-0.15, -0.1) is 12.4 Å². The van der Waals surface area contributed by atoms with E-state index in [1.807, 2.05) is 0 Å². The van der Waals surface area contributed by atoms with Crippen LogP contribution in [0.1, 0.15) is 23.2 Å². The van der Waals surface area contributed by atoms with E-state index in [1.54, 1.807) is 6.07 Å². The van der Waals surface area contributed by atoms with Crippen molar-refractivity contribution in [2.24, 2.45) is 5.73 Å². The number of methoxy groups -OCH3 is 1. The molecule has 7 heteroatoms. The Labute approximate surface area is 121 Å². The summed E-state index contributed by atoms with van der Waals surface area (Å²) in [5, 5.41) is 2.89. The maximum Gasteiger partial charge on any atom is 0.339 e. The predicted octanol–water partition coefficient (Wildman–Crippen LogP) is 1.98. The van der Waals surface area contributed by atoms with Crippen LogP contribution in [0.5, 0.6) is 0 Å². The molecular weight excluding hydrogens is 291 g/mol. The lowest BCUT2D eigenvalue weighted by Crippen LogP contribution is -2.37. The number of halogens is 2. The molecule has 0 aliphatic heterocycles. The molecule has 1 aliphatic carbocycles. The zero-order valence-electron chi connectivity index (χ0n) is 10.2. The highest BCUT2D eigenvalue weighted by molar-refractivity contribution is 6.34. The second-order valence-corrected chi connectivity index (χ2v) is 4.70. The quantitative estimate of drug-likeness (QED) is 0.837. The fraction of sp³-hybridized carbons (Fsp3) is 0.333. The second-order valence-electron chi connectivity index (χ2n) is 4.30. The largest absolute Gasteiger partial charge is 0.465 e. The minimum absolute atomic E-state index is 0. The summed E-state index contributed by atoms with van der Waals surface area (Å²) in [6.07, 6.45) is 1.37. The van der Waals surface area contributed by atoms with Crippen molar-refractivity contribution in [2.45, 2.75) is 18.4 Å². The molecule has 1 fully saturated rings. The smallest absolute Gasteiger partial charge is 0.339 e. The molecule has 0 spiro atoms. The minimum atomic E-state index is -0.743. The lowest BCUT2D eigenvalue weighted by atomic mass is 10.2. The van der Waals surface area contributed by atoms with Gasteiger partial charge in [-0.25, -0.2) is 4.79 Å². The van der Waals surface area contributed by atoms with Crippen molar-refractivity contribution in [1.82, 2.24) is 0 Å². The third-order valence-electron chi connectivity index (χ3n) is 2.87. The number of carbonyl (C=O) groups is 2. The van der Waals surface area contributed by atoms with Crippen molar-refractivity contribution in [2.75, 3.05) is 12.4 Å². The van der Waals surface area contributed by atoms with Crippen molar-refractivity contribution < 1.29 is 14.3 Å². The summed E-state index contributed by atoms with van der Waals surface area (Å²) in [5.41, 5.74) is 5.78. The van der Waals surface area contributed by atoms with E-state index >= 15 is 0 Å². The molecule has 0 atom stereocenters. The maximum atomic E-state index is 11.7. The lowest BCUT2D eigenvalue weighted by Gasteiger charge is -2.11. The van der Waals surface area contributed by atoms with E-state index in [4.69, 9.17) is 17.3 Å². The normalized spacial score (nSPS) is 15.1. The van der Waals surface area contributed by atoms with Gasteiger partial charge in [0.2, 0.25) is 5.91 Å². The average Bonchev–Trinajstić information content (AvgIpc) is 3.08. The monoisotopic (exact) mass is 304 g/mol. The Hall–Kier alpha value is -1.30. The van der Waals surface area contributed by atoms with Gasteiger partial charge in [0.15, 0.2) is 0 Å². The predicted molar refractivity (Wildman–Crippen MR) is 74.8 cm³/mol. The Morgan fingerprint density at radius 1 is 1.42 bits per heavy atom. The first kappa shape index (κ1) is 15.8. The zero-order valence-corrected chi connectivity index (χ0v) is 11.8. The van der Waals surface area contributed by atoms with Crippen molar-refractivity contribution in [3.05, 3.63) is 28.8 Å². The first-order valence-electron chi connectivity index (χ1n) is 5.44. The Bertz CT molecular complexity index is 516. The van der Waals surface area contributed by atoms with Gasteiger partial charge in [-0.2, -0.15) is 0 Å². The molecule has 1 aromatic carbocycles. The molecule has 104 valence electrons. The van der Waals surface area contributed by atoms with Crippen molar-refractivity contribution in [3.63, 3.8) is 0 Å². The van der Waals surface area contributed by atoms with E-state index in [9.17, 15) is 9.59 Å². The SMILES string of the molecule is COC(=O)c1ccc(NC(=O)C2(N)CC2)cc1Cl.Cl. The summed E-state index contributed by atoms with van der Waals surface area (Å²) in [7, 11) is 1.28. The molecule has 1 amide bonds. The fourth-order valence-corrected chi connectivity index (χ4v) is 1.74. The summed E-state index contributed by atoms with van der Waals surface area (Å²) < 4.78 is 4.57. The highest BCUT2D eigenvalue weighted by atomic mass is 35.5.